The number of aliphatic hydroxyl groups is 2. The Morgan fingerprint density at radius 1 is 1.12 bits per heavy atom. The lowest BCUT2D eigenvalue weighted by Gasteiger charge is -2.46. The molecule has 1 aromatic carbocycles. The number of nitrogens with two attached hydrogens (primary N) is 1. The highest BCUT2D eigenvalue weighted by Crippen LogP contribution is 2.40. The number of nitrogens with zero attached hydrogens (tertiary/aromatic N) is 3. The molecule has 0 bridgehead atoms. The highest BCUT2D eigenvalue weighted by molar-refractivity contribution is 5.75. The normalized spacial score (nSPS) is 38.1. The van der Waals surface area contributed by atoms with E-state index in [2.05, 4.69) is 63.5 Å². The average molecular weight is 584 g/mol. The second-order valence-corrected chi connectivity index (χ2v) is 13.7. The molecule has 9 N–H and O–H groups in total. The van der Waals surface area contributed by atoms with Crippen LogP contribution in [-0.4, -0.2) is 101 Å². The van der Waals surface area contributed by atoms with Crippen molar-refractivity contribution < 1.29 is 14.9 Å². The highest BCUT2D eigenvalue weighted by atomic mass is 16.6. The van der Waals surface area contributed by atoms with Crippen LogP contribution in [0, 0.1) is 17.2 Å². The Kier molecular flexibility index (Phi) is 8.43. The maximum absolute atomic E-state index is 11.0. The van der Waals surface area contributed by atoms with Crippen molar-refractivity contribution in [2.24, 2.45) is 11.7 Å². The third-order valence-corrected chi connectivity index (χ3v) is 10.2. The summed E-state index contributed by atoms with van der Waals surface area (Å²) in [6, 6.07) is 9.37. The standard InChI is InChI=1S/C30H49N9O3/c1-16(2)38(12-22-25(40)26(41)29(42-22)39-15-35-24-27(32)33-14-34-28(24)39)19-9-17(10-19)5-8-23-36-20-7-6-18(11-21(20)37-23)30(3,4)13-31/h6-7,11,16-17,19,22-29,33-37,40-41H,5,8-10,12,14-15,32H2,1-4H3. The fourth-order valence-electron chi connectivity index (χ4n) is 7.40. The van der Waals surface area contributed by atoms with Gasteiger partial charge in [0.15, 0.2) is 0 Å². The van der Waals surface area contributed by atoms with E-state index in [-0.39, 0.29) is 24.5 Å². The molecule has 4 aliphatic heterocycles. The van der Waals surface area contributed by atoms with Crippen LogP contribution in [0.3, 0.4) is 0 Å². The Morgan fingerprint density at radius 2 is 1.88 bits per heavy atom. The van der Waals surface area contributed by atoms with Gasteiger partial charge in [0, 0.05) is 25.3 Å². The van der Waals surface area contributed by atoms with Crippen LogP contribution in [0.25, 0.3) is 0 Å². The number of rotatable bonds is 9. The molecule has 1 aromatic rings. The van der Waals surface area contributed by atoms with Crippen LogP contribution in [0.4, 0.5) is 11.4 Å². The van der Waals surface area contributed by atoms with E-state index >= 15 is 0 Å². The van der Waals surface area contributed by atoms with Gasteiger partial charge in [-0.3, -0.25) is 20.9 Å². The van der Waals surface area contributed by atoms with Crippen molar-refractivity contribution in [1.29, 1.82) is 5.26 Å². The number of anilines is 2. The second kappa shape index (κ2) is 11.8. The maximum Gasteiger partial charge on any atom is 0.142 e. The fourth-order valence-corrected chi connectivity index (χ4v) is 7.40. The Hall–Kier alpha value is -2.05. The van der Waals surface area contributed by atoms with E-state index in [0.29, 0.717) is 37.9 Å². The molecule has 0 spiro atoms. The highest BCUT2D eigenvalue weighted by Gasteiger charge is 2.52. The number of hydrogen-bond acceptors (Lipinski definition) is 12. The van der Waals surface area contributed by atoms with Gasteiger partial charge in [0.25, 0.3) is 0 Å². The third kappa shape index (κ3) is 5.63. The van der Waals surface area contributed by atoms with E-state index in [4.69, 9.17) is 10.5 Å². The zero-order valence-electron chi connectivity index (χ0n) is 25.3. The lowest BCUT2D eigenvalue weighted by atomic mass is 9.76. The Balaban J connectivity index is 0.985. The molecular formula is C30H49N9O3. The van der Waals surface area contributed by atoms with Gasteiger partial charge in [0.05, 0.1) is 54.1 Å². The Labute approximate surface area is 249 Å². The first-order valence-electron chi connectivity index (χ1n) is 15.6. The third-order valence-electron chi connectivity index (χ3n) is 10.2. The Bertz CT molecular complexity index is 1160. The van der Waals surface area contributed by atoms with E-state index in [1.165, 1.54) is 0 Å². The number of ether oxygens (including phenoxy) is 1. The zero-order valence-corrected chi connectivity index (χ0v) is 25.3. The summed E-state index contributed by atoms with van der Waals surface area (Å²) in [5.41, 5.74) is 8.91. The van der Waals surface area contributed by atoms with Crippen LogP contribution in [0.1, 0.15) is 58.9 Å². The van der Waals surface area contributed by atoms with Crippen molar-refractivity contribution in [3.05, 3.63) is 23.8 Å². The van der Waals surface area contributed by atoms with Gasteiger partial charge >= 0.3 is 0 Å². The van der Waals surface area contributed by atoms with Crippen LogP contribution >= 0.6 is 0 Å². The summed E-state index contributed by atoms with van der Waals surface area (Å²) in [6.07, 6.45) is 1.39. The minimum absolute atomic E-state index is 0.00166. The van der Waals surface area contributed by atoms with Gasteiger partial charge < -0.3 is 31.3 Å². The predicted octanol–water partition coefficient (Wildman–Crippen LogP) is 0.360. The maximum atomic E-state index is 11.0. The zero-order chi connectivity index (χ0) is 29.8. The number of aliphatic hydroxyl groups excluding tert-OH is 2. The molecule has 12 nitrogen and oxygen atoms in total. The summed E-state index contributed by atoms with van der Waals surface area (Å²) in [4.78, 5) is 4.50. The summed E-state index contributed by atoms with van der Waals surface area (Å²) in [5.74, 6) is 0.659. The average Bonchev–Trinajstić information content (AvgIpc) is 3.63. The molecule has 3 saturated heterocycles. The molecule has 232 valence electrons. The number of fused-ring (bicyclic) bond motifs is 2. The lowest BCUT2D eigenvalue weighted by molar-refractivity contribution is -0.112. The molecule has 1 saturated carbocycles. The first-order chi connectivity index (χ1) is 20.1. The molecule has 1 aliphatic carbocycles. The summed E-state index contributed by atoms with van der Waals surface area (Å²) < 4.78 is 6.37. The van der Waals surface area contributed by atoms with Gasteiger partial charge in [-0.2, -0.15) is 5.26 Å². The van der Waals surface area contributed by atoms with E-state index in [0.717, 1.165) is 42.6 Å². The topological polar surface area (TPSA) is 166 Å². The van der Waals surface area contributed by atoms with E-state index in [1.807, 2.05) is 24.8 Å². The smallest absolute Gasteiger partial charge is 0.142 e. The van der Waals surface area contributed by atoms with Gasteiger partial charge in [-0.25, -0.2) is 4.90 Å². The molecule has 0 amide bonds. The quantitative estimate of drug-likeness (QED) is 0.201. The van der Waals surface area contributed by atoms with Crippen LogP contribution in [-0.2, 0) is 10.2 Å². The molecule has 42 heavy (non-hydrogen) atoms. The van der Waals surface area contributed by atoms with Crippen molar-refractivity contribution in [1.82, 2.24) is 25.8 Å². The summed E-state index contributed by atoms with van der Waals surface area (Å²) in [5, 5.41) is 48.7. The van der Waals surface area contributed by atoms with Gasteiger partial charge in [0.2, 0.25) is 0 Å². The molecule has 0 aromatic heterocycles. The molecule has 4 fully saturated rings. The SMILES string of the molecule is CC(C)N(CC1OC(N2CNC3C(N)NCNC32)C(O)C1O)C1CC(CCC2Nc3ccc(C(C)(C)C#N)cc3N2)C1. The Morgan fingerprint density at radius 3 is 2.62 bits per heavy atom. The summed E-state index contributed by atoms with van der Waals surface area (Å²) in [6.45, 7) is 10.0. The van der Waals surface area contributed by atoms with Gasteiger partial charge in [-0.05, 0) is 77.0 Å². The van der Waals surface area contributed by atoms with Crippen LogP contribution in [0.15, 0.2) is 18.2 Å². The number of benzene rings is 1. The van der Waals surface area contributed by atoms with Crippen molar-refractivity contribution in [3.8, 4) is 6.07 Å². The largest absolute Gasteiger partial charge is 0.387 e. The van der Waals surface area contributed by atoms with Crippen LogP contribution < -0.4 is 32.3 Å². The van der Waals surface area contributed by atoms with Crippen molar-refractivity contribution in [3.63, 3.8) is 0 Å². The van der Waals surface area contributed by atoms with Gasteiger partial charge in [0.1, 0.15) is 24.5 Å². The van der Waals surface area contributed by atoms with Crippen LogP contribution in [0.5, 0.6) is 0 Å². The predicted molar refractivity (Wildman–Crippen MR) is 161 cm³/mol. The van der Waals surface area contributed by atoms with Gasteiger partial charge in [-0.15, -0.1) is 0 Å². The van der Waals surface area contributed by atoms with E-state index in [1.54, 1.807) is 0 Å². The summed E-state index contributed by atoms with van der Waals surface area (Å²) >= 11 is 0. The molecule has 4 heterocycles. The number of hydrogen-bond donors (Lipinski definition) is 8. The molecule has 12 heteroatoms. The first kappa shape index (κ1) is 30.0. The lowest BCUT2D eigenvalue weighted by Crippen LogP contribution is -2.68. The molecule has 6 rings (SSSR count). The molecular weight excluding hydrogens is 534 g/mol. The second-order valence-electron chi connectivity index (χ2n) is 13.7. The van der Waals surface area contributed by atoms with Crippen molar-refractivity contribution >= 4 is 11.4 Å². The molecule has 8 unspecified atom stereocenters. The summed E-state index contributed by atoms with van der Waals surface area (Å²) in [7, 11) is 0. The van der Waals surface area contributed by atoms with Crippen molar-refractivity contribution in [2.75, 3.05) is 30.5 Å². The number of nitriles is 1. The van der Waals surface area contributed by atoms with E-state index < -0.39 is 30.0 Å². The minimum Gasteiger partial charge on any atom is -0.387 e. The monoisotopic (exact) mass is 583 g/mol. The molecule has 8 atom stereocenters. The van der Waals surface area contributed by atoms with Crippen molar-refractivity contribution in [2.45, 2.75) is 120 Å². The number of nitrogens with one attached hydrogen (secondary N) is 5. The minimum atomic E-state index is -0.982. The fraction of sp³-hybridized carbons (Fsp3) is 0.767. The first-order valence-corrected chi connectivity index (χ1v) is 15.6. The van der Waals surface area contributed by atoms with Crippen LogP contribution in [0.2, 0.25) is 0 Å². The molecule has 5 aliphatic rings. The van der Waals surface area contributed by atoms with Gasteiger partial charge in [-0.1, -0.05) is 6.07 Å². The van der Waals surface area contributed by atoms with E-state index in [9.17, 15) is 15.5 Å². The molecule has 0 radical (unpaired) electrons.